The van der Waals surface area contributed by atoms with Crippen LogP contribution in [0.15, 0.2) is 0 Å². The lowest BCUT2D eigenvalue weighted by Crippen LogP contribution is -2.51. The summed E-state index contributed by atoms with van der Waals surface area (Å²) in [6.07, 6.45) is 2.71. The van der Waals surface area contributed by atoms with Gasteiger partial charge in [-0.3, -0.25) is 14.5 Å². The van der Waals surface area contributed by atoms with Crippen molar-refractivity contribution in [3.05, 3.63) is 0 Å². The Balaban J connectivity index is 3.03. The molecule has 1 aliphatic heterocycles. The SMILES string of the molecule is CCC(C)(C#N)N1C(=O)CCCCC1=O. The smallest absolute Gasteiger partial charge is 0.230 e. The van der Waals surface area contributed by atoms with Crippen LogP contribution in [0.5, 0.6) is 0 Å². The van der Waals surface area contributed by atoms with E-state index < -0.39 is 5.54 Å². The van der Waals surface area contributed by atoms with Crippen LogP contribution in [0.25, 0.3) is 0 Å². The zero-order valence-electron chi connectivity index (χ0n) is 9.25. The molecule has 0 aromatic heterocycles. The molecular formula is C11H16N2O2. The Kier molecular flexibility index (Phi) is 3.46. The molecular weight excluding hydrogens is 192 g/mol. The van der Waals surface area contributed by atoms with Crippen LogP contribution in [0.2, 0.25) is 0 Å². The summed E-state index contributed by atoms with van der Waals surface area (Å²) in [7, 11) is 0. The summed E-state index contributed by atoms with van der Waals surface area (Å²) >= 11 is 0. The molecule has 4 nitrogen and oxygen atoms in total. The minimum Gasteiger partial charge on any atom is -0.274 e. The summed E-state index contributed by atoms with van der Waals surface area (Å²) in [5.74, 6) is -0.410. The van der Waals surface area contributed by atoms with Crippen LogP contribution in [0, 0.1) is 11.3 Å². The van der Waals surface area contributed by atoms with Crippen molar-refractivity contribution in [2.75, 3.05) is 0 Å². The normalized spacial score (nSPS) is 21.8. The zero-order chi connectivity index (χ0) is 11.5. The summed E-state index contributed by atoms with van der Waals surface area (Å²) in [4.78, 5) is 24.7. The van der Waals surface area contributed by atoms with Crippen molar-refractivity contribution in [2.24, 2.45) is 0 Å². The molecule has 2 amide bonds. The molecule has 0 bridgehead atoms. The van der Waals surface area contributed by atoms with Crippen molar-refractivity contribution in [3.8, 4) is 6.07 Å². The minimum atomic E-state index is -0.974. The van der Waals surface area contributed by atoms with Gasteiger partial charge in [-0.05, 0) is 26.2 Å². The first-order valence-electron chi connectivity index (χ1n) is 5.32. The molecule has 0 aromatic rings. The number of imide groups is 1. The Hall–Kier alpha value is -1.37. The number of carbonyl (C=O) groups is 2. The van der Waals surface area contributed by atoms with Gasteiger partial charge in [-0.1, -0.05) is 6.92 Å². The second-order valence-electron chi connectivity index (χ2n) is 4.07. The predicted octanol–water partition coefficient (Wildman–Crippen LogP) is 1.61. The average Bonchev–Trinajstić information content (AvgIpc) is 2.39. The molecule has 1 aliphatic rings. The van der Waals surface area contributed by atoms with Gasteiger partial charge < -0.3 is 0 Å². The third-order valence-electron chi connectivity index (χ3n) is 2.95. The second kappa shape index (κ2) is 4.43. The lowest BCUT2D eigenvalue weighted by atomic mass is 9.97. The van der Waals surface area contributed by atoms with Gasteiger partial charge in [0, 0.05) is 12.8 Å². The Bertz CT molecular complexity index is 301. The lowest BCUT2D eigenvalue weighted by Gasteiger charge is -2.32. The second-order valence-corrected chi connectivity index (χ2v) is 4.07. The van der Waals surface area contributed by atoms with Gasteiger partial charge in [-0.25, -0.2) is 0 Å². The van der Waals surface area contributed by atoms with Gasteiger partial charge in [0.25, 0.3) is 0 Å². The first-order chi connectivity index (χ1) is 7.05. The van der Waals surface area contributed by atoms with E-state index >= 15 is 0 Å². The van der Waals surface area contributed by atoms with Crippen molar-refractivity contribution in [1.82, 2.24) is 4.90 Å². The molecule has 1 saturated heterocycles. The van der Waals surface area contributed by atoms with Crippen LogP contribution in [-0.4, -0.2) is 22.3 Å². The molecule has 4 heteroatoms. The quantitative estimate of drug-likeness (QED) is 0.648. The van der Waals surface area contributed by atoms with Crippen LogP contribution in [0.1, 0.15) is 46.0 Å². The molecule has 0 spiro atoms. The van der Waals surface area contributed by atoms with E-state index in [4.69, 9.17) is 5.26 Å². The summed E-state index contributed by atoms with van der Waals surface area (Å²) < 4.78 is 0. The number of nitrogens with zero attached hydrogens (tertiary/aromatic N) is 2. The molecule has 15 heavy (non-hydrogen) atoms. The number of carbonyl (C=O) groups excluding carboxylic acids is 2. The van der Waals surface area contributed by atoms with E-state index in [9.17, 15) is 9.59 Å². The highest BCUT2D eigenvalue weighted by atomic mass is 16.2. The maximum Gasteiger partial charge on any atom is 0.230 e. The van der Waals surface area contributed by atoms with Crippen LogP contribution in [-0.2, 0) is 9.59 Å². The van der Waals surface area contributed by atoms with Crippen molar-refractivity contribution in [2.45, 2.75) is 51.5 Å². The van der Waals surface area contributed by atoms with E-state index in [1.807, 2.05) is 6.92 Å². The van der Waals surface area contributed by atoms with Gasteiger partial charge in [0.2, 0.25) is 11.8 Å². The van der Waals surface area contributed by atoms with Crippen LogP contribution in [0.3, 0.4) is 0 Å². The summed E-state index contributed by atoms with van der Waals surface area (Å²) in [5, 5.41) is 9.07. The Morgan fingerprint density at radius 1 is 1.33 bits per heavy atom. The van der Waals surface area contributed by atoms with Crippen molar-refractivity contribution < 1.29 is 9.59 Å². The molecule has 0 saturated carbocycles. The van der Waals surface area contributed by atoms with Crippen molar-refractivity contribution in [1.29, 1.82) is 5.26 Å². The van der Waals surface area contributed by atoms with Gasteiger partial charge in [-0.2, -0.15) is 5.26 Å². The molecule has 1 unspecified atom stereocenters. The summed E-state index contributed by atoms with van der Waals surface area (Å²) in [6.45, 7) is 3.46. The molecule has 0 N–H and O–H groups in total. The highest BCUT2D eigenvalue weighted by molar-refractivity contribution is 5.97. The first-order valence-corrected chi connectivity index (χ1v) is 5.32. The molecule has 0 aromatic carbocycles. The van der Waals surface area contributed by atoms with Gasteiger partial charge >= 0.3 is 0 Å². The maximum atomic E-state index is 11.7. The Labute approximate surface area is 89.9 Å². The monoisotopic (exact) mass is 208 g/mol. The van der Waals surface area contributed by atoms with E-state index in [-0.39, 0.29) is 11.8 Å². The molecule has 0 aliphatic carbocycles. The number of nitriles is 1. The largest absolute Gasteiger partial charge is 0.274 e. The first kappa shape index (κ1) is 11.7. The standard InChI is InChI=1S/C11H16N2O2/c1-3-11(2,8-12)13-9(14)6-4-5-7-10(13)15/h3-7H2,1-2H3. The number of amides is 2. The van der Waals surface area contributed by atoms with E-state index in [0.29, 0.717) is 19.3 Å². The van der Waals surface area contributed by atoms with E-state index in [1.54, 1.807) is 6.92 Å². The van der Waals surface area contributed by atoms with E-state index in [1.165, 1.54) is 4.90 Å². The van der Waals surface area contributed by atoms with Crippen molar-refractivity contribution in [3.63, 3.8) is 0 Å². The highest BCUT2D eigenvalue weighted by Gasteiger charge is 2.39. The fourth-order valence-electron chi connectivity index (χ4n) is 1.75. The van der Waals surface area contributed by atoms with Crippen LogP contribution >= 0.6 is 0 Å². The van der Waals surface area contributed by atoms with E-state index in [0.717, 1.165) is 12.8 Å². The van der Waals surface area contributed by atoms with Gasteiger partial charge in [0.15, 0.2) is 0 Å². The Morgan fingerprint density at radius 3 is 2.13 bits per heavy atom. The third-order valence-corrected chi connectivity index (χ3v) is 2.95. The van der Waals surface area contributed by atoms with E-state index in [2.05, 4.69) is 6.07 Å². The molecule has 1 atom stereocenters. The molecule has 0 radical (unpaired) electrons. The van der Waals surface area contributed by atoms with Crippen LogP contribution in [0.4, 0.5) is 0 Å². The summed E-state index contributed by atoms with van der Waals surface area (Å²) in [5.41, 5.74) is -0.974. The lowest BCUT2D eigenvalue weighted by molar-refractivity contribution is -0.148. The van der Waals surface area contributed by atoms with Gasteiger partial charge in [-0.15, -0.1) is 0 Å². The molecule has 1 heterocycles. The average molecular weight is 208 g/mol. The molecule has 1 fully saturated rings. The third kappa shape index (κ3) is 2.17. The van der Waals surface area contributed by atoms with Crippen molar-refractivity contribution >= 4 is 11.8 Å². The highest BCUT2D eigenvalue weighted by Crippen LogP contribution is 2.24. The number of rotatable bonds is 2. The summed E-state index contributed by atoms with van der Waals surface area (Å²) in [6, 6.07) is 2.07. The maximum absolute atomic E-state index is 11.7. The minimum absolute atomic E-state index is 0.205. The van der Waals surface area contributed by atoms with Gasteiger partial charge in [0.1, 0.15) is 5.54 Å². The topological polar surface area (TPSA) is 61.2 Å². The molecule has 82 valence electrons. The van der Waals surface area contributed by atoms with Crippen LogP contribution < -0.4 is 0 Å². The fourth-order valence-corrected chi connectivity index (χ4v) is 1.75. The number of hydrogen-bond donors (Lipinski definition) is 0. The number of hydrogen-bond acceptors (Lipinski definition) is 3. The van der Waals surface area contributed by atoms with Gasteiger partial charge in [0.05, 0.1) is 6.07 Å². The molecule has 1 rings (SSSR count). The zero-order valence-corrected chi connectivity index (χ0v) is 9.25. The Morgan fingerprint density at radius 2 is 1.80 bits per heavy atom. The predicted molar refractivity (Wildman–Crippen MR) is 54.6 cm³/mol. The fraction of sp³-hybridized carbons (Fsp3) is 0.727. The number of likely N-dealkylation sites (tertiary alicyclic amines) is 1.